The average molecular weight is 321 g/mol. The van der Waals surface area contributed by atoms with Gasteiger partial charge in [0.05, 0.1) is 0 Å². The van der Waals surface area contributed by atoms with Crippen LogP contribution in [0.5, 0.6) is 0 Å². The van der Waals surface area contributed by atoms with Crippen molar-refractivity contribution in [2.75, 3.05) is 13.2 Å². The molecule has 1 aliphatic carbocycles. The number of nitrogens with zero attached hydrogens (tertiary/aromatic N) is 1. The number of ether oxygens (including phenoxy) is 1. The third kappa shape index (κ3) is 3.05. The molecule has 0 spiro atoms. The Kier molecular flexibility index (Phi) is 3.79. The van der Waals surface area contributed by atoms with E-state index in [2.05, 4.69) is 20.8 Å². The van der Waals surface area contributed by atoms with Crippen LogP contribution in [-0.2, 0) is 9.53 Å². The summed E-state index contributed by atoms with van der Waals surface area (Å²) in [6, 6.07) is 3.81. The molecule has 0 unspecified atom stereocenters. The van der Waals surface area contributed by atoms with Crippen LogP contribution in [0.1, 0.15) is 49.7 Å². The lowest BCUT2D eigenvalue weighted by Gasteiger charge is -2.39. The van der Waals surface area contributed by atoms with E-state index in [0.29, 0.717) is 10.9 Å². The number of esters is 1. The Labute approximate surface area is 135 Å². The van der Waals surface area contributed by atoms with E-state index in [0.717, 1.165) is 25.8 Å². The lowest BCUT2D eigenvalue weighted by Crippen LogP contribution is -2.39. The van der Waals surface area contributed by atoms with E-state index in [1.165, 1.54) is 11.3 Å². The number of carbonyl (C=O) groups is 2. The van der Waals surface area contributed by atoms with Gasteiger partial charge in [-0.15, -0.1) is 11.3 Å². The molecule has 120 valence electrons. The molecule has 2 atom stereocenters. The number of carbonyl (C=O) groups excluding carboxylic acids is 2. The summed E-state index contributed by atoms with van der Waals surface area (Å²) in [5, 5.41) is 1.82. The topological polar surface area (TPSA) is 46.6 Å². The van der Waals surface area contributed by atoms with Crippen molar-refractivity contribution in [2.24, 2.45) is 10.8 Å². The minimum atomic E-state index is -0.405. The maximum Gasteiger partial charge on any atom is 0.348 e. The number of amides is 1. The van der Waals surface area contributed by atoms with Crippen LogP contribution in [0.2, 0.25) is 0 Å². The summed E-state index contributed by atoms with van der Waals surface area (Å²) < 4.78 is 5.17. The van der Waals surface area contributed by atoms with Crippen LogP contribution in [0, 0.1) is 10.8 Å². The van der Waals surface area contributed by atoms with Crippen molar-refractivity contribution in [3.05, 3.63) is 22.4 Å². The highest BCUT2D eigenvalue weighted by Crippen LogP contribution is 2.52. The largest absolute Gasteiger partial charge is 0.451 e. The fraction of sp³-hybridized carbons (Fsp3) is 0.647. The van der Waals surface area contributed by atoms with Gasteiger partial charge >= 0.3 is 5.97 Å². The van der Waals surface area contributed by atoms with E-state index in [9.17, 15) is 9.59 Å². The fourth-order valence-corrected chi connectivity index (χ4v) is 5.04. The van der Waals surface area contributed by atoms with Crippen molar-refractivity contribution in [1.29, 1.82) is 0 Å². The predicted octanol–water partition coefficient (Wildman–Crippen LogP) is 3.33. The Morgan fingerprint density at radius 3 is 2.82 bits per heavy atom. The molecule has 1 aliphatic heterocycles. The standard InChI is InChI=1S/C17H23NO3S/c1-16(2)7-12-8-17(3,10-16)11-18(12)14(19)9-21-15(20)13-5-4-6-22-13/h4-6,12H,7-11H2,1-3H3/t12-,17-/m1/s1. The number of thiophene rings is 1. The second-order valence-electron chi connectivity index (χ2n) is 7.79. The van der Waals surface area contributed by atoms with Gasteiger partial charge in [-0.05, 0) is 41.5 Å². The Balaban J connectivity index is 1.60. The minimum Gasteiger partial charge on any atom is -0.451 e. The lowest BCUT2D eigenvalue weighted by atomic mass is 9.65. The van der Waals surface area contributed by atoms with Gasteiger partial charge < -0.3 is 9.64 Å². The Bertz CT molecular complexity index is 581. The van der Waals surface area contributed by atoms with Crippen molar-refractivity contribution >= 4 is 23.2 Å². The van der Waals surface area contributed by atoms with E-state index in [1.54, 1.807) is 12.1 Å². The monoisotopic (exact) mass is 321 g/mol. The van der Waals surface area contributed by atoms with Crippen LogP contribution < -0.4 is 0 Å². The van der Waals surface area contributed by atoms with Crippen LogP contribution in [-0.4, -0.2) is 36.0 Å². The van der Waals surface area contributed by atoms with Gasteiger partial charge in [-0.1, -0.05) is 26.8 Å². The predicted molar refractivity (Wildman–Crippen MR) is 85.8 cm³/mol. The highest BCUT2D eigenvalue weighted by molar-refractivity contribution is 7.11. The zero-order valence-corrected chi connectivity index (χ0v) is 14.2. The molecule has 0 aromatic carbocycles. The smallest absolute Gasteiger partial charge is 0.348 e. The zero-order chi connectivity index (χ0) is 16.0. The average Bonchev–Trinajstić information content (AvgIpc) is 3.00. The maximum atomic E-state index is 12.5. The maximum absolute atomic E-state index is 12.5. The molecule has 1 amide bonds. The molecule has 3 rings (SSSR count). The first-order valence-electron chi connectivity index (χ1n) is 7.78. The minimum absolute atomic E-state index is 0.0590. The lowest BCUT2D eigenvalue weighted by molar-refractivity contribution is -0.135. The molecule has 1 aromatic rings. The van der Waals surface area contributed by atoms with E-state index < -0.39 is 5.97 Å². The second kappa shape index (κ2) is 5.37. The third-order valence-electron chi connectivity index (χ3n) is 4.78. The fourth-order valence-electron chi connectivity index (χ4n) is 4.43. The highest BCUT2D eigenvalue weighted by atomic mass is 32.1. The number of hydrogen-bond donors (Lipinski definition) is 0. The molecule has 2 aliphatic rings. The van der Waals surface area contributed by atoms with Crippen molar-refractivity contribution in [2.45, 2.75) is 46.1 Å². The summed E-state index contributed by atoms with van der Waals surface area (Å²) >= 11 is 1.33. The number of fused-ring (bicyclic) bond motifs is 2. The van der Waals surface area contributed by atoms with Crippen LogP contribution >= 0.6 is 11.3 Å². The quantitative estimate of drug-likeness (QED) is 0.802. The van der Waals surface area contributed by atoms with E-state index in [1.807, 2.05) is 10.3 Å². The Hall–Kier alpha value is -1.36. The molecule has 5 heteroatoms. The number of likely N-dealkylation sites (tertiary alicyclic amines) is 1. The van der Waals surface area contributed by atoms with Crippen LogP contribution in [0.3, 0.4) is 0 Å². The molecule has 2 bridgehead atoms. The van der Waals surface area contributed by atoms with Crippen LogP contribution in [0.15, 0.2) is 17.5 Å². The van der Waals surface area contributed by atoms with Crippen molar-refractivity contribution < 1.29 is 14.3 Å². The van der Waals surface area contributed by atoms with Gasteiger partial charge in [-0.2, -0.15) is 0 Å². The summed E-state index contributed by atoms with van der Waals surface area (Å²) in [5.41, 5.74) is 0.486. The van der Waals surface area contributed by atoms with Gasteiger partial charge in [0.25, 0.3) is 5.91 Å². The van der Waals surface area contributed by atoms with Gasteiger partial charge in [-0.3, -0.25) is 4.79 Å². The molecule has 22 heavy (non-hydrogen) atoms. The van der Waals surface area contributed by atoms with E-state index >= 15 is 0 Å². The summed E-state index contributed by atoms with van der Waals surface area (Å²) in [4.78, 5) is 26.8. The van der Waals surface area contributed by atoms with E-state index in [4.69, 9.17) is 4.74 Å². The Morgan fingerprint density at radius 2 is 2.14 bits per heavy atom. The first kappa shape index (κ1) is 15.5. The molecule has 0 N–H and O–H groups in total. The van der Waals surface area contributed by atoms with Gasteiger partial charge in [0.1, 0.15) is 4.88 Å². The number of rotatable bonds is 3. The summed E-state index contributed by atoms with van der Waals surface area (Å²) in [6.45, 7) is 7.47. The second-order valence-corrected chi connectivity index (χ2v) is 8.74. The third-order valence-corrected chi connectivity index (χ3v) is 5.63. The molecule has 1 saturated carbocycles. The molecule has 1 aromatic heterocycles. The molecule has 0 radical (unpaired) electrons. The van der Waals surface area contributed by atoms with Gasteiger partial charge in [0, 0.05) is 12.6 Å². The van der Waals surface area contributed by atoms with Crippen molar-refractivity contribution in [3.63, 3.8) is 0 Å². The molecule has 4 nitrogen and oxygen atoms in total. The molecule has 1 saturated heterocycles. The molecular formula is C17H23NO3S. The van der Waals surface area contributed by atoms with Crippen LogP contribution in [0.4, 0.5) is 0 Å². The van der Waals surface area contributed by atoms with Gasteiger partial charge in [-0.25, -0.2) is 4.79 Å². The first-order chi connectivity index (χ1) is 10.3. The summed E-state index contributed by atoms with van der Waals surface area (Å²) in [7, 11) is 0. The zero-order valence-electron chi connectivity index (χ0n) is 13.4. The van der Waals surface area contributed by atoms with E-state index in [-0.39, 0.29) is 23.3 Å². The van der Waals surface area contributed by atoms with Crippen LogP contribution in [0.25, 0.3) is 0 Å². The van der Waals surface area contributed by atoms with Gasteiger partial charge in [0.15, 0.2) is 6.61 Å². The summed E-state index contributed by atoms with van der Waals surface area (Å²) in [6.07, 6.45) is 3.25. The van der Waals surface area contributed by atoms with Crippen molar-refractivity contribution in [1.82, 2.24) is 4.90 Å². The molecule has 2 heterocycles. The van der Waals surface area contributed by atoms with Gasteiger partial charge in [0.2, 0.25) is 0 Å². The molecular weight excluding hydrogens is 298 g/mol. The Morgan fingerprint density at radius 1 is 1.36 bits per heavy atom. The first-order valence-corrected chi connectivity index (χ1v) is 8.66. The van der Waals surface area contributed by atoms with Crippen molar-refractivity contribution in [3.8, 4) is 0 Å². The highest BCUT2D eigenvalue weighted by Gasteiger charge is 2.50. The molecule has 2 fully saturated rings. The normalized spacial score (nSPS) is 29.4. The number of hydrogen-bond acceptors (Lipinski definition) is 4. The SMILES string of the molecule is CC1(C)C[C@@H]2C[C@@](C)(CN2C(=O)COC(=O)c2cccs2)C1. The summed E-state index contributed by atoms with van der Waals surface area (Å²) in [5.74, 6) is -0.464.